The van der Waals surface area contributed by atoms with Gasteiger partial charge in [-0.15, -0.1) is 0 Å². The Morgan fingerprint density at radius 2 is 2.05 bits per heavy atom. The second kappa shape index (κ2) is 7.75. The maximum absolute atomic E-state index is 11.7. The number of hydrogen-bond donors (Lipinski definition) is 1. The van der Waals surface area contributed by atoms with E-state index in [0.717, 1.165) is 36.8 Å². The molecule has 2 rings (SSSR count). The van der Waals surface area contributed by atoms with Gasteiger partial charge >= 0.3 is 0 Å². The first-order valence-corrected chi connectivity index (χ1v) is 10.3. The zero-order valence-electron chi connectivity index (χ0n) is 12.5. The van der Waals surface area contributed by atoms with Crippen LogP contribution in [0.5, 0.6) is 0 Å². The summed E-state index contributed by atoms with van der Waals surface area (Å²) in [6, 6.07) is 8.36. The molecule has 0 radical (unpaired) electrons. The summed E-state index contributed by atoms with van der Waals surface area (Å²) in [6.07, 6.45) is 2.87. The van der Waals surface area contributed by atoms with Gasteiger partial charge in [-0.2, -0.15) is 0 Å². The van der Waals surface area contributed by atoms with Crippen molar-refractivity contribution in [2.24, 2.45) is 11.8 Å². The van der Waals surface area contributed by atoms with E-state index in [0.29, 0.717) is 23.3 Å². The van der Waals surface area contributed by atoms with Gasteiger partial charge in [-0.3, -0.25) is 0 Å². The first-order valence-electron chi connectivity index (χ1n) is 7.66. The van der Waals surface area contributed by atoms with Crippen LogP contribution in [0.1, 0.15) is 25.3 Å². The van der Waals surface area contributed by atoms with Crippen LogP contribution in [0.3, 0.4) is 0 Å². The molecule has 1 N–H and O–H groups in total. The molecular weight excluding hydrogens is 350 g/mol. The van der Waals surface area contributed by atoms with E-state index in [2.05, 4.69) is 52.4 Å². The topological polar surface area (TPSA) is 46.2 Å². The molecule has 0 saturated carbocycles. The number of nitrogens with one attached hydrogen (secondary N) is 1. The number of hydrogen-bond acceptors (Lipinski definition) is 3. The maximum atomic E-state index is 11.7. The van der Waals surface area contributed by atoms with Gasteiger partial charge < -0.3 is 5.32 Å². The summed E-state index contributed by atoms with van der Waals surface area (Å²) in [5.74, 6) is 1.42. The Morgan fingerprint density at radius 1 is 1.33 bits per heavy atom. The molecule has 0 aliphatic carbocycles. The lowest BCUT2D eigenvalue weighted by molar-refractivity contribution is 0.343. The van der Waals surface area contributed by atoms with Crippen LogP contribution >= 0.6 is 15.9 Å². The Kier molecular flexibility index (Phi) is 6.26. The standard InChI is InChI=1S/C16H24BrNO2S/c1-2-8-18-11-15(14-7-9-21(19,20)12-14)10-13-3-5-16(17)6-4-13/h3-6,14-15,18H,2,7-12H2,1H3. The zero-order valence-corrected chi connectivity index (χ0v) is 14.9. The highest BCUT2D eigenvalue weighted by atomic mass is 79.9. The van der Waals surface area contributed by atoms with E-state index in [-0.39, 0.29) is 0 Å². The van der Waals surface area contributed by atoms with E-state index in [1.54, 1.807) is 0 Å². The van der Waals surface area contributed by atoms with Crippen LogP contribution < -0.4 is 5.32 Å². The lowest BCUT2D eigenvalue weighted by atomic mass is 9.86. The van der Waals surface area contributed by atoms with Crippen molar-refractivity contribution in [1.29, 1.82) is 0 Å². The number of halogens is 1. The van der Waals surface area contributed by atoms with E-state index in [1.807, 2.05) is 0 Å². The fourth-order valence-corrected chi connectivity index (χ4v) is 5.17. The third-order valence-corrected chi connectivity index (χ3v) is 6.50. The third-order valence-electron chi connectivity index (χ3n) is 4.18. The van der Waals surface area contributed by atoms with Gasteiger partial charge in [0.05, 0.1) is 11.5 Å². The molecule has 21 heavy (non-hydrogen) atoms. The SMILES string of the molecule is CCCNCC(Cc1ccc(Br)cc1)C1CCS(=O)(=O)C1. The van der Waals surface area contributed by atoms with Crippen LogP contribution in [0.2, 0.25) is 0 Å². The highest BCUT2D eigenvalue weighted by Crippen LogP contribution is 2.28. The smallest absolute Gasteiger partial charge is 0.150 e. The molecule has 118 valence electrons. The molecule has 0 amide bonds. The Hall–Kier alpha value is -0.390. The van der Waals surface area contributed by atoms with Crippen molar-refractivity contribution >= 4 is 25.8 Å². The van der Waals surface area contributed by atoms with Crippen LogP contribution in [-0.4, -0.2) is 33.0 Å². The third kappa shape index (κ3) is 5.38. The Morgan fingerprint density at radius 3 is 2.62 bits per heavy atom. The summed E-state index contributed by atoms with van der Waals surface area (Å²) >= 11 is 3.45. The minimum atomic E-state index is -2.81. The molecule has 2 unspecified atom stereocenters. The Balaban J connectivity index is 2.03. The lowest BCUT2D eigenvalue weighted by Crippen LogP contribution is -2.31. The summed E-state index contributed by atoms with van der Waals surface area (Å²) in [5, 5.41) is 3.47. The fraction of sp³-hybridized carbons (Fsp3) is 0.625. The molecule has 1 aliphatic rings. The van der Waals surface area contributed by atoms with Gasteiger partial charge in [0, 0.05) is 4.47 Å². The lowest BCUT2D eigenvalue weighted by Gasteiger charge is -2.23. The van der Waals surface area contributed by atoms with Crippen LogP contribution in [0.15, 0.2) is 28.7 Å². The van der Waals surface area contributed by atoms with Gasteiger partial charge in [0.1, 0.15) is 0 Å². The molecule has 1 aromatic carbocycles. The summed E-state index contributed by atoms with van der Waals surface area (Å²) in [6.45, 7) is 4.05. The molecule has 1 aliphatic heterocycles. The summed E-state index contributed by atoms with van der Waals surface area (Å²) in [5.41, 5.74) is 1.28. The molecule has 0 aromatic heterocycles. The average Bonchev–Trinajstić information content (AvgIpc) is 2.80. The van der Waals surface area contributed by atoms with Gasteiger partial charge in [0.25, 0.3) is 0 Å². The summed E-state index contributed by atoms with van der Waals surface area (Å²) in [4.78, 5) is 0. The second-order valence-electron chi connectivity index (χ2n) is 5.96. The van der Waals surface area contributed by atoms with Crippen molar-refractivity contribution in [3.8, 4) is 0 Å². The average molecular weight is 374 g/mol. The van der Waals surface area contributed by atoms with Crippen molar-refractivity contribution in [3.05, 3.63) is 34.3 Å². The normalized spacial score (nSPS) is 22.3. The van der Waals surface area contributed by atoms with E-state index >= 15 is 0 Å². The van der Waals surface area contributed by atoms with E-state index in [4.69, 9.17) is 0 Å². The maximum Gasteiger partial charge on any atom is 0.150 e. The van der Waals surface area contributed by atoms with Crippen molar-refractivity contribution < 1.29 is 8.42 Å². The van der Waals surface area contributed by atoms with Crippen molar-refractivity contribution in [3.63, 3.8) is 0 Å². The van der Waals surface area contributed by atoms with E-state index in [9.17, 15) is 8.42 Å². The Labute approximate surface area is 136 Å². The second-order valence-corrected chi connectivity index (χ2v) is 9.10. The first kappa shape index (κ1) is 17.0. The largest absolute Gasteiger partial charge is 0.316 e. The predicted molar refractivity (Wildman–Crippen MR) is 91.3 cm³/mol. The molecule has 1 saturated heterocycles. The van der Waals surface area contributed by atoms with Gasteiger partial charge in [-0.05, 0) is 61.9 Å². The van der Waals surface area contributed by atoms with Gasteiger partial charge in [-0.1, -0.05) is 35.0 Å². The summed E-state index contributed by atoms with van der Waals surface area (Å²) < 4.78 is 24.6. The molecule has 3 nitrogen and oxygen atoms in total. The molecule has 1 heterocycles. The van der Waals surface area contributed by atoms with Gasteiger partial charge in [-0.25, -0.2) is 8.42 Å². The minimum absolute atomic E-state index is 0.294. The van der Waals surface area contributed by atoms with Crippen LogP contribution in [0.25, 0.3) is 0 Å². The fourth-order valence-electron chi connectivity index (χ4n) is 2.99. The molecule has 1 fully saturated rings. The highest BCUT2D eigenvalue weighted by Gasteiger charge is 2.33. The van der Waals surface area contributed by atoms with Crippen LogP contribution in [-0.2, 0) is 16.3 Å². The van der Waals surface area contributed by atoms with E-state index < -0.39 is 9.84 Å². The monoisotopic (exact) mass is 373 g/mol. The van der Waals surface area contributed by atoms with Gasteiger partial charge in [0.2, 0.25) is 0 Å². The van der Waals surface area contributed by atoms with Crippen LogP contribution in [0.4, 0.5) is 0 Å². The van der Waals surface area contributed by atoms with E-state index in [1.165, 1.54) is 5.56 Å². The highest BCUT2D eigenvalue weighted by molar-refractivity contribution is 9.10. The van der Waals surface area contributed by atoms with Crippen LogP contribution in [0, 0.1) is 11.8 Å². The predicted octanol–water partition coefficient (Wildman–Crippen LogP) is 3.04. The number of sulfone groups is 1. The molecular formula is C16H24BrNO2S. The quantitative estimate of drug-likeness (QED) is 0.747. The summed E-state index contributed by atoms with van der Waals surface area (Å²) in [7, 11) is -2.81. The number of benzene rings is 1. The molecule has 5 heteroatoms. The molecule has 0 bridgehead atoms. The molecule has 1 aromatic rings. The molecule has 2 atom stereocenters. The minimum Gasteiger partial charge on any atom is -0.316 e. The first-order chi connectivity index (χ1) is 10.00. The number of rotatable bonds is 7. The van der Waals surface area contributed by atoms with Crippen molar-refractivity contribution in [2.45, 2.75) is 26.2 Å². The van der Waals surface area contributed by atoms with Gasteiger partial charge in [0.15, 0.2) is 9.84 Å². The molecule has 0 spiro atoms. The Bertz CT molecular complexity index is 542. The van der Waals surface area contributed by atoms with Crippen molar-refractivity contribution in [1.82, 2.24) is 5.32 Å². The zero-order chi connectivity index (χ0) is 15.3. The van der Waals surface area contributed by atoms with Crippen molar-refractivity contribution in [2.75, 3.05) is 24.6 Å².